The topological polar surface area (TPSA) is 18.5 Å². The van der Waals surface area contributed by atoms with Crippen molar-refractivity contribution in [1.82, 2.24) is 0 Å². The zero-order valence-corrected chi connectivity index (χ0v) is 10.7. The van der Waals surface area contributed by atoms with E-state index in [1.54, 1.807) is 14.2 Å². The Kier molecular flexibility index (Phi) is 3.19. The molecule has 15 heavy (non-hydrogen) atoms. The predicted molar refractivity (Wildman–Crippen MR) is 63.9 cm³/mol. The highest BCUT2D eigenvalue weighted by atomic mass is 79.9. The fraction of sp³-hybridized carbons (Fsp3) is 0.500. The van der Waals surface area contributed by atoms with Crippen molar-refractivity contribution in [3.05, 3.63) is 21.7 Å². The van der Waals surface area contributed by atoms with E-state index in [0.717, 1.165) is 28.8 Å². The first-order valence-corrected chi connectivity index (χ1v) is 5.99. The van der Waals surface area contributed by atoms with Crippen molar-refractivity contribution < 1.29 is 9.47 Å². The van der Waals surface area contributed by atoms with Gasteiger partial charge in [-0.05, 0) is 47.7 Å². The molecule has 1 aliphatic carbocycles. The normalized spacial score (nSPS) is 14.6. The molecule has 0 fully saturated rings. The van der Waals surface area contributed by atoms with Crippen LogP contribution in [0.2, 0.25) is 0 Å². The molecule has 82 valence electrons. The second-order valence-electron chi connectivity index (χ2n) is 3.76. The van der Waals surface area contributed by atoms with E-state index in [2.05, 4.69) is 15.9 Å². The van der Waals surface area contributed by atoms with Crippen LogP contribution in [0, 0.1) is 0 Å². The Morgan fingerprint density at radius 1 is 1.07 bits per heavy atom. The molecule has 0 saturated heterocycles. The summed E-state index contributed by atoms with van der Waals surface area (Å²) in [5, 5.41) is 0. The fourth-order valence-corrected chi connectivity index (χ4v) is 2.85. The average molecular weight is 271 g/mol. The number of hydrogen-bond acceptors (Lipinski definition) is 2. The van der Waals surface area contributed by atoms with Gasteiger partial charge in [0.25, 0.3) is 0 Å². The van der Waals surface area contributed by atoms with Crippen LogP contribution >= 0.6 is 15.9 Å². The zero-order valence-electron chi connectivity index (χ0n) is 9.10. The van der Waals surface area contributed by atoms with Crippen LogP contribution in [0.15, 0.2) is 10.5 Å². The third kappa shape index (κ3) is 1.85. The van der Waals surface area contributed by atoms with Gasteiger partial charge in [-0.3, -0.25) is 0 Å². The number of rotatable bonds is 2. The van der Waals surface area contributed by atoms with Crippen LogP contribution in [0.3, 0.4) is 0 Å². The first-order chi connectivity index (χ1) is 7.27. The molecule has 0 radical (unpaired) electrons. The summed E-state index contributed by atoms with van der Waals surface area (Å²) < 4.78 is 11.8. The lowest BCUT2D eigenvalue weighted by Gasteiger charge is -2.22. The first-order valence-electron chi connectivity index (χ1n) is 5.20. The van der Waals surface area contributed by atoms with Crippen molar-refractivity contribution in [2.24, 2.45) is 0 Å². The van der Waals surface area contributed by atoms with E-state index in [1.807, 2.05) is 6.07 Å². The summed E-state index contributed by atoms with van der Waals surface area (Å²) in [4.78, 5) is 0. The largest absolute Gasteiger partial charge is 0.496 e. The standard InChI is InChI=1S/C12H15BrO2/c1-14-11-7-10(13)12(15-2)9-6-4-3-5-8(9)11/h7H,3-6H2,1-2H3. The first kappa shape index (κ1) is 10.8. The maximum atomic E-state index is 5.44. The van der Waals surface area contributed by atoms with Crippen molar-refractivity contribution in [3.63, 3.8) is 0 Å². The van der Waals surface area contributed by atoms with Crippen LogP contribution in [0.1, 0.15) is 24.0 Å². The van der Waals surface area contributed by atoms with E-state index in [1.165, 1.54) is 24.0 Å². The average Bonchev–Trinajstić information content (AvgIpc) is 2.28. The Morgan fingerprint density at radius 3 is 2.33 bits per heavy atom. The molecule has 0 spiro atoms. The molecule has 0 bridgehead atoms. The molecule has 0 N–H and O–H groups in total. The van der Waals surface area contributed by atoms with Crippen molar-refractivity contribution in [3.8, 4) is 11.5 Å². The molecule has 3 heteroatoms. The molecule has 0 aromatic heterocycles. The van der Waals surface area contributed by atoms with Crippen LogP contribution < -0.4 is 9.47 Å². The van der Waals surface area contributed by atoms with E-state index < -0.39 is 0 Å². The van der Waals surface area contributed by atoms with E-state index in [-0.39, 0.29) is 0 Å². The number of methoxy groups -OCH3 is 2. The molecule has 0 heterocycles. The summed E-state index contributed by atoms with van der Waals surface area (Å²) in [7, 11) is 3.45. The molecule has 0 atom stereocenters. The molecule has 2 rings (SSSR count). The number of hydrogen-bond donors (Lipinski definition) is 0. The van der Waals surface area contributed by atoms with E-state index in [0.29, 0.717) is 0 Å². The summed E-state index contributed by atoms with van der Waals surface area (Å²) in [5.74, 6) is 1.96. The van der Waals surface area contributed by atoms with Crippen molar-refractivity contribution in [2.75, 3.05) is 14.2 Å². The summed E-state index contributed by atoms with van der Waals surface area (Å²) in [5.41, 5.74) is 2.64. The highest BCUT2D eigenvalue weighted by Gasteiger charge is 2.20. The molecule has 0 amide bonds. The summed E-state index contributed by atoms with van der Waals surface area (Å²) in [6.45, 7) is 0. The van der Waals surface area contributed by atoms with Crippen LogP contribution in [-0.4, -0.2) is 14.2 Å². The molecule has 0 aliphatic heterocycles. The molecule has 1 aliphatic rings. The predicted octanol–water partition coefficient (Wildman–Crippen LogP) is 3.35. The highest BCUT2D eigenvalue weighted by molar-refractivity contribution is 9.10. The lowest BCUT2D eigenvalue weighted by Crippen LogP contribution is -2.07. The van der Waals surface area contributed by atoms with Gasteiger partial charge in [-0.15, -0.1) is 0 Å². The second-order valence-corrected chi connectivity index (χ2v) is 4.61. The minimum Gasteiger partial charge on any atom is -0.496 e. The molecule has 1 aromatic carbocycles. The Balaban J connectivity index is 2.60. The third-order valence-electron chi connectivity index (χ3n) is 2.94. The van der Waals surface area contributed by atoms with Gasteiger partial charge in [0.2, 0.25) is 0 Å². The Hall–Kier alpha value is -0.700. The quantitative estimate of drug-likeness (QED) is 0.821. The van der Waals surface area contributed by atoms with Gasteiger partial charge in [0.1, 0.15) is 11.5 Å². The van der Waals surface area contributed by atoms with Crippen LogP contribution in [0.4, 0.5) is 0 Å². The molecule has 2 nitrogen and oxygen atoms in total. The van der Waals surface area contributed by atoms with Gasteiger partial charge in [0, 0.05) is 11.1 Å². The maximum Gasteiger partial charge on any atom is 0.136 e. The van der Waals surface area contributed by atoms with E-state index in [4.69, 9.17) is 9.47 Å². The van der Waals surface area contributed by atoms with Crippen LogP contribution in [0.5, 0.6) is 11.5 Å². The summed E-state index contributed by atoms with van der Waals surface area (Å²) in [6, 6.07) is 2.00. The van der Waals surface area contributed by atoms with Gasteiger partial charge in [0.05, 0.1) is 18.7 Å². The van der Waals surface area contributed by atoms with Crippen molar-refractivity contribution in [2.45, 2.75) is 25.7 Å². The molecular formula is C12H15BrO2. The Labute approximate surface area is 98.7 Å². The lowest BCUT2D eigenvalue weighted by molar-refractivity contribution is 0.387. The van der Waals surface area contributed by atoms with Crippen molar-refractivity contribution in [1.29, 1.82) is 0 Å². The van der Waals surface area contributed by atoms with Crippen LogP contribution in [0.25, 0.3) is 0 Å². The van der Waals surface area contributed by atoms with Gasteiger partial charge < -0.3 is 9.47 Å². The van der Waals surface area contributed by atoms with Gasteiger partial charge in [0.15, 0.2) is 0 Å². The number of benzene rings is 1. The smallest absolute Gasteiger partial charge is 0.136 e. The van der Waals surface area contributed by atoms with Gasteiger partial charge in [-0.1, -0.05) is 0 Å². The number of fused-ring (bicyclic) bond motifs is 1. The third-order valence-corrected chi connectivity index (χ3v) is 3.53. The summed E-state index contributed by atoms with van der Waals surface area (Å²) in [6.07, 6.45) is 4.67. The van der Waals surface area contributed by atoms with Crippen LogP contribution in [-0.2, 0) is 12.8 Å². The maximum absolute atomic E-state index is 5.44. The SMILES string of the molecule is COc1cc(Br)c(OC)c2c1CCCC2. The molecule has 1 aromatic rings. The monoisotopic (exact) mass is 270 g/mol. The number of ether oxygens (including phenoxy) is 2. The van der Waals surface area contributed by atoms with Gasteiger partial charge in [-0.2, -0.15) is 0 Å². The van der Waals surface area contributed by atoms with Gasteiger partial charge in [-0.25, -0.2) is 0 Å². The Bertz CT molecular complexity index is 374. The number of halogens is 1. The van der Waals surface area contributed by atoms with E-state index >= 15 is 0 Å². The lowest BCUT2D eigenvalue weighted by atomic mass is 9.90. The minimum atomic E-state index is 0.977. The van der Waals surface area contributed by atoms with E-state index in [9.17, 15) is 0 Å². The minimum absolute atomic E-state index is 0.977. The molecule has 0 saturated carbocycles. The second kappa shape index (κ2) is 4.44. The summed E-state index contributed by atoms with van der Waals surface area (Å²) >= 11 is 3.52. The van der Waals surface area contributed by atoms with Gasteiger partial charge >= 0.3 is 0 Å². The van der Waals surface area contributed by atoms with Crippen molar-refractivity contribution >= 4 is 15.9 Å². The molecular weight excluding hydrogens is 256 g/mol. The fourth-order valence-electron chi connectivity index (χ4n) is 2.24. The zero-order chi connectivity index (χ0) is 10.8. The highest BCUT2D eigenvalue weighted by Crippen LogP contribution is 2.41. The molecule has 0 unspecified atom stereocenters. The Morgan fingerprint density at radius 2 is 1.73 bits per heavy atom.